The average Bonchev–Trinajstić information content (AvgIpc) is 3.23. The van der Waals surface area contributed by atoms with E-state index < -0.39 is 0 Å². The molecule has 4 heterocycles. The maximum absolute atomic E-state index is 13.1. The van der Waals surface area contributed by atoms with Crippen LogP contribution in [0.25, 0.3) is 0 Å². The summed E-state index contributed by atoms with van der Waals surface area (Å²) in [5.41, 5.74) is 2.92. The van der Waals surface area contributed by atoms with Gasteiger partial charge in [0, 0.05) is 25.9 Å². The Morgan fingerprint density at radius 3 is 2.88 bits per heavy atom. The highest BCUT2D eigenvalue weighted by Gasteiger charge is 2.29. The van der Waals surface area contributed by atoms with Gasteiger partial charge in [0.1, 0.15) is 11.9 Å². The molecule has 1 atom stereocenters. The third-order valence-corrected chi connectivity index (χ3v) is 5.70. The second-order valence-corrected chi connectivity index (χ2v) is 7.98. The lowest BCUT2D eigenvalue weighted by Crippen LogP contribution is -2.40. The Labute approximate surface area is 185 Å². The van der Waals surface area contributed by atoms with Gasteiger partial charge in [0.25, 0.3) is 5.91 Å². The van der Waals surface area contributed by atoms with Crippen LogP contribution < -0.4 is 15.0 Å². The Bertz CT molecular complexity index is 1140. The summed E-state index contributed by atoms with van der Waals surface area (Å²) in [6.07, 6.45) is 3.92. The lowest BCUT2D eigenvalue weighted by atomic mass is 10.1. The molecule has 2 aromatic heterocycles. The highest BCUT2D eigenvalue weighted by atomic mass is 16.5. The summed E-state index contributed by atoms with van der Waals surface area (Å²) in [7, 11) is 1.75. The van der Waals surface area contributed by atoms with Gasteiger partial charge in [-0.3, -0.25) is 14.6 Å². The summed E-state index contributed by atoms with van der Waals surface area (Å²) in [5, 5.41) is 3.02. The van der Waals surface area contributed by atoms with Crippen LogP contribution in [0.3, 0.4) is 0 Å². The maximum atomic E-state index is 13.1. The molecular weight excluding hydrogens is 406 g/mol. The Hall–Kier alpha value is -3.94. The normalized spacial score (nSPS) is 16.6. The number of nitrogens with one attached hydrogen (secondary N) is 1. The van der Waals surface area contributed by atoms with Crippen molar-refractivity contribution in [1.29, 1.82) is 0 Å². The molecular formula is C24H23N5O3. The molecule has 0 saturated heterocycles. The quantitative estimate of drug-likeness (QED) is 0.671. The van der Waals surface area contributed by atoms with Gasteiger partial charge >= 0.3 is 0 Å². The van der Waals surface area contributed by atoms with Crippen molar-refractivity contribution in [1.82, 2.24) is 14.9 Å². The van der Waals surface area contributed by atoms with Gasteiger partial charge in [-0.2, -0.15) is 0 Å². The van der Waals surface area contributed by atoms with Crippen LogP contribution in [0.5, 0.6) is 5.75 Å². The lowest BCUT2D eigenvalue weighted by Gasteiger charge is -2.30. The number of amides is 2. The molecule has 32 heavy (non-hydrogen) atoms. The van der Waals surface area contributed by atoms with Crippen molar-refractivity contribution in [3.05, 3.63) is 77.7 Å². The molecule has 5 rings (SSSR count). The van der Waals surface area contributed by atoms with E-state index in [1.807, 2.05) is 42.5 Å². The highest BCUT2D eigenvalue weighted by Crippen LogP contribution is 2.31. The number of aromatic nitrogens is 2. The highest BCUT2D eigenvalue weighted by molar-refractivity contribution is 6.04. The standard InChI is InChI=1S/C24H23N5O3/c1-28(15-19-10-16-6-2-3-8-21(16)32-19)24(31)17-11-20-23(26-12-17)27-13-22(30)29(20)14-18-7-4-5-9-25-18/h2-9,11-12,19H,10,13-15H2,1H3,(H,26,27). The molecule has 2 aliphatic heterocycles. The monoisotopic (exact) mass is 429 g/mol. The van der Waals surface area contributed by atoms with Gasteiger partial charge in [0.2, 0.25) is 5.91 Å². The van der Waals surface area contributed by atoms with Gasteiger partial charge in [0.15, 0.2) is 5.82 Å². The number of hydrogen-bond donors (Lipinski definition) is 1. The van der Waals surface area contributed by atoms with Crippen molar-refractivity contribution < 1.29 is 14.3 Å². The van der Waals surface area contributed by atoms with E-state index in [1.54, 1.807) is 35.3 Å². The fourth-order valence-corrected chi connectivity index (χ4v) is 4.09. The predicted octanol–water partition coefficient (Wildman–Crippen LogP) is 2.51. The number of para-hydroxylation sites is 1. The lowest BCUT2D eigenvalue weighted by molar-refractivity contribution is -0.117. The third kappa shape index (κ3) is 3.87. The molecule has 1 N–H and O–H groups in total. The predicted molar refractivity (Wildman–Crippen MR) is 120 cm³/mol. The number of fused-ring (bicyclic) bond motifs is 2. The van der Waals surface area contributed by atoms with Crippen LogP contribution in [-0.2, 0) is 17.8 Å². The van der Waals surface area contributed by atoms with Crippen LogP contribution in [0.1, 0.15) is 21.6 Å². The number of anilines is 2. The van der Waals surface area contributed by atoms with Crippen molar-refractivity contribution in [2.24, 2.45) is 0 Å². The van der Waals surface area contributed by atoms with E-state index in [4.69, 9.17) is 4.74 Å². The van der Waals surface area contributed by atoms with E-state index in [9.17, 15) is 9.59 Å². The first-order valence-corrected chi connectivity index (χ1v) is 10.5. The van der Waals surface area contributed by atoms with Crippen molar-refractivity contribution >= 4 is 23.3 Å². The number of likely N-dealkylation sites (N-methyl/N-ethyl adjacent to an activating group) is 1. The van der Waals surface area contributed by atoms with Gasteiger partial charge in [-0.25, -0.2) is 4.98 Å². The molecule has 2 aliphatic rings. The van der Waals surface area contributed by atoms with E-state index in [-0.39, 0.29) is 24.5 Å². The van der Waals surface area contributed by atoms with E-state index >= 15 is 0 Å². The number of nitrogens with zero attached hydrogens (tertiary/aromatic N) is 4. The Morgan fingerprint density at radius 1 is 1.22 bits per heavy atom. The molecule has 8 heteroatoms. The molecule has 0 saturated carbocycles. The Morgan fingerprint density at radius 2 is 2.06 bits per heavy atom. The van der Waals surface area contributed by atoms with Crippen molar-refractivity contribution in [2.75, 3.05) is 30.4 Å². The number of carbonyl (C=O) groups is 2. The molecule has 1 unspecified atom stereocenters. The molecule has 0 bridgehead atoms. The first-order valence-electron chi connectivity index (χ1n) is 10.5. The zero-order chi connectivity index (χ0) is 22.1. The Balaban J connectivity index is 1.33. The SMILES string of the molecule is CN(CC1Cc2ccccc2O1)C(=O)c1cnc2c(c1)N(Cc1ccccn1)C(=O)CN2. The first-order chi connectivity index (χ1) is 15.6. The Kier molecular flexibility index (Phi) is 5.18. The zero-order valence-electron chi connectivity index (χ0n) is 17.7. The fourth-order valence-electron chi connectivity index (χ4n) is 4.09. The van der Waals surface area contributed by atoms with Crippen LogP contribution in [0.4, 0.5) is 11.5 Å². The van der Waals surface area contributed by atoms with Gasteiger partial charge in [0.05, 0.1) is 36.6 Å². The molecule has 2 amide bonds. The van der Waals surface area contributed by atoms with Gasteiger partial charge in [-0.05, 0) is 29.8 Å². The van der Waals surface area contributed by atoms with E-state index in [0.717, 1.165) is 23.4 Å². The first kappa shape index (κ1) is 20.0. The number of carbonyl (C=O) groups excluding carboxylic acids is 2. The van der Waals surface area contributed by atoms with Crippen molar-refractivity contribution in [3.63, 3.8) is 0 Å². The second kappa shape index (κ2) is 8.30. The van der Waals surface area contributed by atoms with Crippen LogP contribution in [-0.4, -0.2) is 52.9 Å². The third-order valence-electron chi connectivity index (χ3n) is 5.70. The largest absolute Gasteiger partial charge is 0.488 e. The number of ether oxygens (including phenoxy) is 1. The van der Waals surface area contributed by atoms with Crippen molar-refractivity contribution in [2.45, 2.75) is 19.1 Å². The minimum atomic E-state index is -0.171. The topological polar surface area (TPSA) is 87.7 Å². The molecule has 0 fully saturated rings. The summed E-state index contributed by atoms with van der Waals surface area (Å²) in [6, 6.07) is 15.2. The van der Waals surface area contributed by atoms with Crippen LogP contribution in [0.2, 0.25) is 0 Å². The number of hydrogen-bond acceptors (Lipinski definition) is 6. The fraction of sp³-hybridized carbons (Fsp3) is 0.250. The molecule has 3 aromatic rings. The number of benzene rings is 1. The zero-order valence-corrected chi connectivity index (χ0v) is 17.7. The minimum absolute atomic E-state index is 0.0872. The van der Waals surface area contributed by atoms with Crippen LogP contribution in [0, 0.1) is 0 Å². The molecule has 0 radical (unpaired) electrons. The molecule has 1 aromatic carbocycles. The van der Waals surface area contributed by atoms with E-state index in [0.29, 0.717) is 30.2 Å². The maximum Gasteiger partial charge on any atom is 0.255 e. The van der Waals surface area contributed by atoms with Gasteiger partial charge in [-0.15, -0.1) is 0 Å². The molecule has 0 spiro atoms. The second-order valence-electron chi connectivity index (χ2n) is 7.98. The number of rotatable bonds is 5. The summed E-state index contributed by atoms with van der Waals surface area (Å²) in [5.74, 6) is 1.19. The number of pyridine rings is 2. The van der Waals surface area contributed by atoms with Gasteiger partial charge in [-0.1, -0.05) is 24.3 Å². The average molecular weight is 429 g/mol. The molecule has 8 nitrogen and oxygen atoms in total. The van der Waals surface area contributed by atoms with E-state index in [1.165, 1.54) is 0 Å². The van der Waals surface area contributed by atoms with E-state index in [2.05, 4.69) is 15.3 Å². The van der Waals surface area contributed by atoms with Gasteiger partial charge < -0.3 is 19.9 Å². The van der Waals surface area contributed by atoms with Crippen LogP contribution in [0.15, 0.2) is 60.9 Å². The summed E-state index contributed by atoms with van der Waals surface area (Å²) >= 11 is 0. The smallest absolute Gasteiger partial charge is 0.255 e. The van der Waals surface area contributed by atoms with Crippen LogP contribution >= 0.6 is 0 Å². The molecule has 162 valence electrons. The molecule has 0 aliphatic carbocycles. The van der Waals surface area contributed by atoms with Crippen molar-refractivity contribution in [3.8, 4) is 5.75 Å². The minimum Gasteiger partial charge on any atom is -0.488 e. The summed E-state index contributed by atoms with van der Waals surface area (Å²) in [6.45, 7) is 0.927. The summed E-state index contributed by atoms with van der Waals surface area (Å²) < 4.78 is 5.97. The summed E-state index contributed by atoms with van der Waals surface area (Å²) in [4.78, 5) is 37.7.